The minimum absolute atomic E-state index is 0.0707. The quantitative estimate of drug-likeness (QED) is 0.829. The average Bonchev–Trinajstić information content (AvgIpc) is 2.45. The summed E-state index contributed by atoms with van der Waals surface area (Å²) in [5.74, 6) is -1.26. The van der Waals surface area contributed by atoms with Crippen LogP contribution in [0.3, 0.4) is 0 Å². The van der Waals surface area contributed by atoms with Crippen molar-refractivity contribution in [2.75, 3.05) is 17.7 Å². The highest BCUT2D eigenvalue weighted by molar-refractivity contribution is 9.10. The third-order valence-corrected chi connectivity index (χ3v) is 2.81. The first-order valence-corrected chi connectivity index (χ1v) is 6.78. The molecule has 0 spiro atoms. The van der Waals surface area contributed by atoms with E-state index >= 15 is 0 Å². The first-order valence-electron chi connectivity index (χ1n) is 5.99. The van der Waals surface area contributed by atoms with Crippen LogP contribution in [0.1, 0.15) is 10.5 Å². The molecule has 0 atom stereocenters. The summed E-state index contributed by atoms with van der Waals surface area (Å²) in [5.41, 5.74) is 5.28. The number of pyridine rings is 1. The van der Waals surface area contributed by atoms with Crippen molar-refractivity contribution >= 4 is 33.3 Å². The largest absolute Gasteiger partial charge is 0.467 e. The van der Waals surface area contributed by atoms with Crippen molar-refractivity contribution in [3.63, 3.8) is 0 Å². The van der Waals surface area contributed by atoms with Gasteiger partial charge in [0.05, 0.1) is 0 Å². The Kier molecular flexibility index (Phi) is 4.98. The molecular weight excluding hydrogens is 383 g/mol. The third-order valence-electron chi connectivity index (χ3n) is 2.38. The molecule has 0 saturated heterocycles. The SMILES string of the molecule is Nc1nccnc1C(=O)Nc1cc(Br)cnc1OCC(F)(F)F. The summed E-state index contributed by atoms with van der Waals surface area (Å²) in [4.78, 5) is 23.2. The number of carbonyl (C=O) groups is 1. The van der Waals surface area contributed by atoms with Gasteiger partial charge in [-0.2, -0.15) is 13.2 Å². The van der Waals surface area contributed by atoms with Crippen molar-refractivity contribution in [3.05, 3.63) is 34.8 Å². The lowest BCUT2D eigenvalue weighted by molar-refractivity contribution is -0.153. The van der Waals surface area contributed by atoms with Crippen LogP contribution in [0.25, 0.3) is 0 Å². The average molecular weight is 392 g/mol. The van der Waals surface area contributed by atoms with E-state index in [1.807, 2.05) is 0 Å². The van der Waals surface area contributed by atoms with Crippen molar-refractivity contribution in [1.82, 2.24) is 15.0 Å². The van der Waals surface area contributed by atoms with Gasteiger partial charge in [-0.25, -0.2) is 15.0 Å². The van der Waals surface area contributed by atoms with E-state index in [1.165, 1.54) is 24.7 Å². The zero-order valence-electron chi connectivity index (χ0n) is 11.3. The molecule has 2 aromatic rings. The maximum atomic E-state index is 12.2. The molecule has 0 aliphatic carbocycles. The van der Waals surface area contributed by atoms with Gasteiger partial charge in [0.15, 0.2) is 18.1 Å². The van der Waals surface area contributed by atoms with E-state index in [2.05, 4.69) is 40.9 Å². The van der Waals surface area contributed by atoms with Gasteiger partial charge in [-0.05, 0) is 22.0 Å². The highest BCUT2D eigenvalue weighted by Crippen LogP contribution is 2.27. The summed E-state index contributed by atoms with van der Waals surface area (Å²) >= 11 is 3.10. The van der Waals surface area contributed by atoms with Crippen molar-refractivity contribution in [2.45, 2.75) is 6.18 Å². The van der Waals surface area contributed by atoms with E-state index in [4.69, 9.17) is 5.73 Å². The number of nitrogens with two attached hydrogens (primary N) is 1. The van der Waals surface area contributed by atoms with Crippen LogP contribution in [0.15, 0.2) is 29.1 Å². The number of hydrogen-bond acceptors (Lipinski definition) is 6. The first kappa shape index (κ1) is 16.9. The Morgan fingerprint density at radius 3 is 2.65 bits per heavy atom. The van der Waals surface area contributed by atoms with Crippen molar-refractivity contribution < 1.29 is 22.7 Å². The number of amides is 1. The molecule has 2 heterocycles. The van der Waals surface area contributed by atoms with Gasteiger partial charge in [-0.1, -0.05) is 0 Å². The summed E-state index contributed by atoms with van der Waals surface area (Å²) in [6.45, 7) is -1.54. The molecular formula is C12H9BrF3N5O2. The second-order valence-electron chi connectivity index (χ2n) is 4.15. The molecule has 1 amide bonds. The van der Waals surface area contributed by atoms with Crippen LogP contribution in [-0.2, 0) is 0 Å². The molecule has 0 radical (unpaired) electrons. The second kappa shape index (κ2) is 6.77. The minimum atomic E-state index is -4.54. The number of rotatable bonds is 4. The van der Waals surface area contributed by atoms with Crippen LogP contribution in [0, 0.1) is 0 Å². The zero-order valence-corrected chi connectivity index (χ0v) is 12.8. The van der Waals surface area contributed by atoms with Crippen LogP contribution in [0.4, 0.5) is 24.7 Å². The molecule has 23 heavy (non-hydrogen) atoms. The summed E-state index contributed by atoms with van der Waals surface area (Å²) < 4.78 is 41.8. The van der Waals surface area contributed by atoms with Gasteiger partial charge >= 0.3 is 6.18 Å². The third kappa shape index (κ3) is 4.77. The maximum absolute atomic E-state index is 12.2. The molecule has 0 saturated carbocycles. The summed E-state index contributed by atoms with van der Waals surface area (Å²) in [6, 6.07) is 1.34. The van der Waals surface area contributed by atoms with E-state index in [0.717, 1.165) is 0 Å². The highest BCUT2D eigenvalue weighted by Gasteiger charge is 2.29. The molecule has 0 bridgehead atoms. The van der Waals surface area contributed by atoms with E-state index in [9.17, 15) is 18.0 Å². The van der Waals surface area contributed by atoms with Crippen LogP contribution >= 0.6 is 15.9 Å². The Labute approximate surface area is 136 Å². The molecule has 0 aromatic carbocycles. The van der Waals surface area contributed by atoms with E-state index in [0.29, 0.717) is 4.47 Å². The number of aromatic nitrogens is 3. The standard InChI is InChI=1S/C12H9BrF3N5O2/c13-6-3-7(11(20-4-6)23-5-12(14,15)16)21-10(22)8-9(17)19-2-1-18-8/h1-4H,5H2,(H2,17,19)(H,21,22). The van der Waals surface area contributed by atoms with Crippen molar-refractivity contribution in [3.8, 4) is 5.88 Å². The van der Waals surface area contributed by atoms with E-state index in [1.54, 1.807) is 0 Å². The van der Waals surface area contributed by atoms with Crippen LogP contribution in [0.2, 0.25) is 0 Å². The Hall–Kier alpha value is -2.43. The maximum Gasteiger partial charge on any atom is 0.422 e. The highest BCUT2D eigenvalue weighted by atomic mass is 79.9. The number of carbonyl (C=O) groups excluding carboxylic acids is 1. The van der Waals surface area contributed by atoms with Gasteiger partial charge in [-0.3, -0.25) is 4.79 Å². The topological polar surface area (TPSA) is 103 Å². The number of nitrogen functional groups attached to an aromatic ring is 1. The lowest BCUT2D eigenvalue weighted by Crippen LogP contribution is -2.21. The molecule has 122 valence electrons. The normalized spacial score (nSPS) is 11.1. The van der Waals surface area contributed by atoms with Gasteiger partial charge < -0.3 is 15.8 Å². The summed E-state index contributed by atoms with van der Waals surface area (Å²) in [5, 5.41) is 2.34. The Morgan fingerprint density at radius 1 is 1.30 bits per heavy atom. The van der Waals surface area contributed by atoms with Crippen LogP contribution < -0.4 is 15.8 Å². The molecule has 2 rings (SSSR count). The Morgan fingerprint density at radius 2 is 2.00 bits per heavy atom. The number of nitrogens with zero attached hydrogens (tertiary/aromatic N) is 3. The summed E-state index contributed by atoms with van der Waals surface area (Å²) in [7, 11) is 0. The predicted molar refractivity (Wildman–Crippen MR) is 77.9 cm³/mol. The lowest BCUT2D eigenvalue weighted by Gasteiger charge is -2.13. The number of hydrogen-bond donors (Lipinski definition) is 2. The Balaban J connectivity index is 2.23. The molecule has 0 fully saturated rings. The molecule has 0 aliphatic heterocycles. The summed E-state index contributed by atoms with van der Waals surface area (Å²) in [6.07, 6.45) is -0.750. The second-order valence-corrected chi connectivity index (χ2v) is 5.07. The van der Waals surface area contributed by atoms with Gasteiger partial charge in [0.2, 0.25) is 5.88 Å². The van der Waals surface area contributed by atoms with Gasteiger partial charge in [0.1, 0.15) is 5.69 Å². The fourth-order valence-electron chi connectivity index (χ4n) is 1.49. The van der Waals surface area contributed by atoms with Gasteiger partial charge in [0.25, 0.3) is 5.91 Å². The molecule has 2 aromatic heterocycles. The Bertz CT molecular complexity index is 726. The predicted octanol–water partition coefficient (Wildman–Crippen LogP) is 2.41. The molecule has 7 nitrogen and oxygen atoms in total. The van der Waals surface area contributed by atoms with Crippen LogP contribution in [0.5, 0.6) is 5.88 Å². The molecule has 11 heteroatoms. The fourth-order valence-corrected chi connectivity index (χ4v) is 1.82. The minimum Gasteiger partial charge on any atom is -0.467 e. The monoisotopic (exact) mass is 391 g/mol. The van der Waals surface area contributed by atoms with E-state index < -0.39 is 18.7 Å². The molecule has 3 N–H and O–H groups in total. The van der Waals surface area contributed by atoms with Gasteiger partial charge in [-0.15, -0.1) is 0 Å². The fraction of sp³-hybridized carbons (Fsp3) is 0.167. The number of alkyl halides is 3. The lowest BCUT2D eigenvalue weighted by atomic mass is 10.3. The smallest absolute Gasteiger partial charge is 0.422 e. The van der Waals surface area contributed by atoms with Crippen LogP contribution in [-0.4, -0.2) is 33.6 Å². The molecule has 0 unspecified atom stereocenters. The number of anilines is 2. The van der Waals surface area contributed by atoms with Crippen molar-refractivity contribution in [2.24, 2.45) is 0 Å². The van der Waals surface area contributed by atoms with E-state index in [-0.39, 0.29) is 23.1 Å². The zero-order chi connectivity index (χ0) is 17.0. The number of nitrogens with one attached hydrogen (secondary N) is 1. The van der Waals surface area contributed by atoms with Crippen molar-refractivity contribution in [1.29, 1.82) is 0 Å². The molecule has 0 aliphatic rings. The van der Waals surface area contributed by atoms with Gasteiger partial charge in [0, 0.05) is 23.1 Å². The first-order chi connectivity index (χ1) is 10.8. The number of ether oxygens (including phenoxy) is 1. The number of halogens is 4.